The van der Waals surface area contributed by atoms with Gasteiger partial charge in [-0.2, -0.15) is 0 Å². The molecule has 3 amide bonds. The van der Waals surface area contributed by atoms with Crippen LogP contribution in [-0.4, -0.2) is 87.7 Å². The molecule has 1 aromatic carbocycles. The standard InChI is InChI=1S/C40H61N5O7S/c1-8-12-15-41-22-34(47)43-35(25(7)11-4)38(49)45(16-9-2)32(24(5)6)19-33(52-17-10-3)37-42-31(23-53-37)36(48)44-40-20-29(39(50)51)28-18-26(46)13-14-27(28)30(40)21-40/h13-14,18,23-25,29-30,32-33,35,41,46H,8-12,15-17,19-22H2,1-7H3,(H,43,47)(H,44,48)(H,50,51)/t25-,29+,30?,32+,33+,35-,40?/m0/s1. The Bertz CT molecular complexity index is 1570. The zero-order valence-corrected chi connectivity index (χ0v) is 33.4. The number of carbonyl (C=O) groups excluding carboxylic acids is 3. The summed E-state index contributed by atoms with van der Waals surface area (Å²) in [6.07, 6.45) is 5.10. The van der Waals surface area contributed by atoms with Crippen molar-refractivity contribution in [3.05, 3.63) is 45.4 Å². The predicted octanol–water partition coefficient (Wildman–Crippen LogP) is 6.12. The van der Waals surface area contributed by atoms with E-state index in [4.69, 9.17) is 9.72 Å². The molecule has 0 aliphatic heterocycles. The number of carboxylic acids is 1. The molecule has 5 N–H and O–H groups in total. The van der Waals surface area contributed by atoms with E-state index in [-0.39, 0.29) is 65.9 Å². The number of rotatable bonds is 22. The minimum Gasteiger partial charge on any atom is -0.508 e. The molecule has 2 aromatic rings. The molecule has 4 rings (SSSR count). The molecule has 0 radical (unpaired) electrons. The molecule has 1 fully saturated rings. The minimum atomic E-state index is -0.991. The van der Waals surface area contributed by atoms with Gasteiger partial charge in [0.2, 0.25) is 11.8 Å². The van der Waals surface area contributed by atoms with Crippen LogP contribution in [-0.2, 0) is 19.1 Å². The van der Waals surface area contributed by atoms with Gasteiger partial charge in [-0.3, -0.25) is 19.2 Å². The summed E-state index contributed by atoms with van der Waals surface area (Å²) >= 11 is 1.34. The van der Waals surface area contributed by atoms with Gasteiger partial charge in [0, 0.05) is 42.5 Å². The number of phenols is 1. The lowest BCUT2D eigenvalue weighted by atomic mass is 9.80. The van der Waals surface area contributed by atoms with Crippen molar-refractivity contribution in [3.63, 3.8) is 0 Å². The molecule has 2 unspecified atom stereocenters. The van der Waals surface area contributed by atoms with E-state index in [1.807, 2.05) is 32.6 Å². The lowest BCUT2D eigenvalue weighted by Crippen LogP contribution is -2.56. The molecule has 12 nitrogen and oxygen atoms in total. The van der Waals surface area contributed by atoms with Crippen molar-refractivity contribution in [2.75, 3.05) is 26.2 Å². The van der Waals surface area contributed by atoms with Gasteiger partial charge in [-0.1, -0.05) is 67.4 Å². The van der Waals surface area contributed by atoms with E-state index < -0.39 is 29.6 Å². The van der Waals surface area contributed by atoms with Crippen LogP contribution in [0.4, 0.5) is 0 Å². The number of thiazole rings is 1. The lowest BCUT2D eigenvalue weighted by molar-refractivity contribution is -0.141. The maximum Gasteiger partial charge on any atom is 0.311 e. The van der Waals surface area contributed by atoms with Gasteiger partial charge >= 0.3 is 5.97 Å². The van der Waals surface area contributed by atoms with Gasteiger partial charge in [-0.05, 0) is 73.7 Å². The van der Waals surface area contributed by atoms with Crippen LogP contribution >= 0.6 is 11.3 Å². The zero-order valence-electron chi connectivity index (χ0n) is 32.6. The van der Waals surface area contributed by atoms with Gasteiger partial charge in [0.1, 0.15) is 28.6 Å². The number of aliphatic carboxylic acids is 1. The van der Waals surface area contributed by atoms with Crippen LogP contribution in [0, 0.1) is 11.8 Å². The first-order valence-corrected chi connectivity index (χ1v) is 20.4. The van der Waals surface area contributed by atoms with Crippen molar-refractivity contribution < 1.29 is 34.1 Å². The van der Waals surface area contributed by atoms with Crippen LogP contribution in [0.15, 0.2) is 23.6 Å². The number of nitrogens with zero attached hydrogens (tertiary/aromatic N) is 2. The van der Waals surface area contributed by atoms with Gasteiger partial charge in [-0.25, -0.2) is 4.98 Å². The average molecular weight is 756 g/mol. The molecule has 0 saturated heterocycles. The fourth-order valence-corrected chi connectivity index (χ4v) is 8.44. The largest absolute Gasteiger partial charge is 0.508 e. The number of phenolic OH excluding ortho intramolecular Hbond substituents is 1. The summed E-state index contributed by atoms with van der Waals surface area (Å²) in [6, 6.07) is 3.95. The van der Waals surface area contributed by atoms with Gasteiger partial charge in [0.25, 0.3) is 5.91 Å². The normalized spacial score (nSPS) is 21.1. The van der Waals surface area contributed by atoms with Crippen molar-refractivity contribution in [1.82, 2.24) is 25.8 Å². The first-order valence-electron chi connectivity index (χ1n) is 19.6. The van der Waals surface area contributed by atoms with Crippen molar-refractivity contribution in [1.29, 1.82) is 0 Å². The van der Waals surface area contributed by atoms with Crippen LogP contribution in [0.3, 0.4) is 0 Å². The Labute approximate surface area is 318 Å². The molecule has 1 heterocycles. The summed E-state index contributed by atoms with van der Waals surface area (Å²) < 4.78 is 6.40. The second-order valence-corrected chi connectivity index (χ2v) is 16.1. The van der Waals surface area contributed by atoms with E-state index in [1.54, 1.807) is 17.5 Å². The number of unbranched alkanes of at least 4 members (excludes halogenated alkanes) is 1. The molecule has 2 aliphatic rings. The number of hydrogen-bond donors (Lipinski definition) is 5. The number of nitrogens with one attached hydrogen (secondary N) is 3. The summed E-state index contributed by atoms with van der Waals surface area (Å²) in [4.78, 5) is 60.1. The quantitative estimate of drug-likeness (QED) is 0.0889. The summed E-state index contributed by atoms with van der Waals surface area (Å²) in [5.41, 5.74) is 0.999. The summed E-state index contributed by atoms with van der Waals surface area (Å²) in [5, 5.41) is 31.8. The number of benzene rings is 1. The number of aromatic nitrogens is 1. The summed E-state index contributed by atoms with van der Waals surface area (Å²) in [5.74, 6) is -2.50. The van der Waals surface area contributed by atoms with Crippen molar-refractivity contribution >= 4 is 35.0 Å². The third-order valence-electron chi connectivity index (χ3n) is 10.8. The number of carboxylic acid groups (broad SMARTS) is 1. The second kappa shape index (κ2) is 19.2. The topological polar surface area (TPSA) is 170 Å². The van der Waals surface area contributed by atoms with E-state index in [2.05, 4.69) is 36.7 Å². The fraction of sp³-hybridized carbons (Fsp3) is 0.675. The SMILES string of the molecule is CCCCNCC(=O)N[C@H](C(=O)N(CCC)[C@H](C[C@@H](OCCC)c1nc(C(=O)NC23CC2c2ccc(O)cc2[C@H](C(=O)O)C3)cs1)C(C)C)[C@@H](C)CC. The van der Waals surface area contributed by atoms with Crippen molar-refractivity contribution in [2.45, 2.75) is 135 Å². The van der Waals surface area contributed by atoms with E-state index in [1.165, 1.54) is 17.4 Å². The maximum absolute atomic E-state index is 14.4. The van der Waals surface area contributed by atoms with Crippen LogP contribution in [0.1, 0.15) is 144 Å². The molecule has 53 heavy (non-hydrogen) atoms. The highest BCUT2D eigenvalue weighted by atomic mass is 32.1. The minimum absolute atomic E-state index is 0.0248. The second-order valence-electron chi connectivity index (χ2n) is 15.2. The predicted molar refractivity (Wildman–Crippen MR) is 206 cm³/mol. The first kappa shape index (κ1) is 42.2. The van der Waals surface area contributed by atoms with Crippen LogP contribution in [0.2, 0.25) is 0 Å². The third-order valence-corrected chi connectivity index (χ3v) is 11.8. The van der Waals surface area contributed by atoms with Crippen LogP contribution in [0.25, 0.3) is 0 Å². The van der Waals surface area contributed by atoms with E-state index in [0.717, 1.165) is 44.2 Å². The summed E-state index contributed by atoms with van der Waals surface area (Å²) in [6.45, 7) is 16.3. The van der Waals surface area contributed by atoms with Crippen molar-refractivity contribution in [3.8, 4) is 5.75 Å². The Morgan fingerprint density at radius 2 is 1.81 bits per heavy atom. The average Bonchev–Trinajstić information content (AvgIpc) is 3.62. The highest BCUT2D eigenvalue weighted by Gasteiger charge is 2.61. The van der Waals surface area contributed by atoms with E-state index in [9.17, 15) is 29.4 Å². The lowest BCUT2D eigenvalue weighted by Gasteiger charge is -2.39. The molecule has 2 aliphatic carbocycles. The highest BCUT2D eigenvalue weighted by Crippen LogP contribution is 2.61. The Hall–Kier alpha value is -3.55. The number of fused-ring (bicyclic) bond motifs is 3. The Kier molecular flexibility index (Phi) is 15.3. The zero-order chi connectivity index (χ0) is 38.9. The molecule has 1 aromatic heterocycles. The fourth-order valence-electron chi connectivity index (χ4n) is 7.58. The molecule has 13 heteroatoms. The molecular formula is C40H61N5O7S. The van der Waals surface area contributed by atoms with Crippen LogP contribution in [0.5, 0.6) is 5.75 Å². The Morgan fingerprint density at radius 3 is 2.45 bits per heavy atom. The van der Waals surface area contributed by atoms with Crippen LogP contribution < -0.4 is 16.0 Å². The van der Waals surface area contributed by atoms with Crippen molar-refractivity contribution in [2.24, 2.45) is 11.8 Å². The first-order chi connectivity index (χ1) is 25.3. The Morgan fingerprint density at radius 1 is 1.06 bits per heavy atom. The molecular weight excluding hydrogens is 695 g/mol. The number of carbonyl (C=O) groups is 4. The smallest absolute Gasteiger partial charge is 0.311 e. The maximum atomic E-state index is 14.4. The Balaban J connectivity index is 1.53. The highest BCUT2D eigenvalue weighted by molar-refractivity contribution is 7.09. The number of amides is 3. The number of hydrogen-bond acceptors (Lipinski definition) is 9. The molecule has 1 saturated carbocycles. The van der Waals surface area contributed by atoms with Gasteiger partial charge in [-0.15, -0.1) is 11.3 Å². The van der Waals surface area contributed by atoms with Gasteiger partial charge in [0.15, 0.2) is 0 Å². The van der Waals surface area contributed by atoms with Gasteiger partial charge < -0.3 is 35.8 Å². The third kappa shape index (κ3) is 10.4. The molecule has 294 valence electrons. The molecule has 0 bridgehead atoms. The molecule has 0 spiro atoms. The van der Waals surface area contributed by atoms with E-state index in [0.29, 0.717) is 36.6 Å². The van der Waals surface area contributed by atoms with E-state index >= 15 is 0 Å². The van der Waals surface area contributed by atoms with Gasteiger partial charge in [0.05, 0.1) is 12.5 Å². The molecule has 7 atom stereocenters. The number of aromatic hydroxyl groups is 1. The summed E-state index contributed by atoms with van der Waals surface area (Å²) in [7, 11) is 0. The number of ether oxygens (including phenoxy) is 1. The monoisotopic (exact) mass is 755 g/mol.